The Morgan fingerprint density at radius 2 is 1.74 bits per heavy atom. The van der Waals surface area contributed by atoms with Crippen molar-refractivity contribution < 1.29 is 37.1 Å². The van der Waals surface area contributed by atoms with Gasteiger partial charge in [0.05, 0.1) is 11.1 Å². The maximum atomic E-state index is 15.4. The van der Waals surface area contributed by atoms with E-state index in [0.717, 1.165) is 0 Å². The molecule has 0 radical (unpaired) electrons. The van der Waals surface area contributed by atoms with Crippen LogP contribution in [-0.2, 0) is 19.8 Å². The molecule has 0 unspecified atom stereocenters. The molecule has 7 nitrogen and oxygen atoms in total. The van der Waals surface area contributed by atoms with E-state index in [1.165, 1.54) is 13.1 Å². The Labute approximate surface area is 232 Å². The minimum atomic E-state index is -5.08. The van der Waals surface area contributed by atoms with Crippen LogP contribution in [0.1, 0.15) is 44.2 Å². The Morgan fingerprint density at radius 3 is 2.28 bits per heavy atom. The average Bonchev–Trinajstić information content (AvgIpc) is 3.28. The number of carbonyl (C=O) groups excluding carboxylic acids is 2. The molecule has 1 saturated heterocycles. The Balaban J connectivity index is 0.000000532. The van der Waals surface area contributed by atoms with Crippen molar-refractivity contribution in [1.82, 2.24) is 10.6 Å². The number of benzene rings is 2. The molecule has 2 aromatic rings. The van der Waals surface area contributed by atoms with Gasteiger partial charge in [0.25, 0.3) is 0 Å². The molecule has 1 fully saturated rings. The first-order valence-electron chi connectivity index (χ1n) is 11.8. The largest absolute Gasteiger partial charge is 0.490 e. The molecular formula is C26H27Cl2F4N3O4. The number of hydrogen-bond acceptors (Lipinski definition) is 4. The lowest BCUT2D eigenvalue weighted by Crippen LogP contribution is -2.49. The fourth-order valence-corrected chi connectivity index (χ4v) is 5.66. The van der Waals surface area contributed by atoms with Gasteiger partial charge in [-0.3, -0.25) is 9.59 Å². The molecule has 2 aliphatic heterocycles. The molecule has 2 amide bonds. The zero-order chi connectivity index (χ0) is 29.5. The molecule has 39 heavy (non-hydrogen) atoms. The highest BCUT2D eigenvalue weighted by Gasteiger charge is 2.66. The van der Waals surface area contributed by atoms with Crippen LogP contribution in [0.2, 0.25) is 10.0 Å². The van der Waals surface area contributed by atoms with Crippen molar-refractivity contribution in [3.8, 4) is 0 Å². The number of rotatable bonds is 3. The Bertz CT molecular complexity index is 1300. The highest BCUT2D eigenvalue weighted by molar-refractivity contribution is 6.31. The van der Waals surface area contributed by atoms with Crippen LogP contribution in [0.25, 0.3) is 0 Å². The smallest absolute Gasteiger partial charge is 0.475 e. The summed E-state index contributed by atoms with van der Waals surface area (Å²) in [4.78, 5) is 35.7. The van der Waals surface area contributed by atoms with E-state index in [2.05, 4.69) is 36.7 Å². The lowest BCUT2D eigenvalue weighted by Gasteiger charge is -2.37. The number of hydrogen-bond donors (Lipinski definition) is 4. The van der Waals surface area contributed by atoms with E-state index >= 15 is 4.39 Å². The highest BCUT2D eigenvalue weighted by atomic mass is 35.5. The summed E-state index contributed by atoms with van der Waals surface area (Å²) >= 11 is 12.3. The number of fused-ring (bicyclic) bond motifs is 2. The quantitative estimate of drug-likeness (QED) is 0.364. The van der Waals surface area contributed by atoms with Crippen LogP contribution in [0.15, 0.2) is 36.4 Å². The lowest BCUT2D eigenvalue weighted by atomic mass is 9.62. The summed E-state index contributed by atoms with van der Waals surface area (Å²) in [6.45, 7) is 6.21. The third-order valence-corrected chi connectivity index (χ3v) is 7.24. The van der Waals surface area contributed by atoms with Crippen LogP contribution in [0.3, 0.4) is 0 Å². The molecule has 4 rings (SSSR count). The number of alkyl halides is 3. The van der Waals surface area contributed by atoms with Crippen LogP contribution in [0.4, 0.5) is 23.2 Å². The van der Waals surface area contributed by atoms with E-state index in [0.29, 0.717) is 22.7 Å². The molecule has 212 valence electrons. The number of anilines is 1. The number of amides is 2. The van der Waals surface area contributed by atoms with Gasteiger partial charge in [-0.1, -0.05) is 62.2 Å². The van der Waals surface area contributed by atoms with Crippen LogP contribution < -0.4 is 16.0 Å². The van der Waals surface area contributed by atoms with Gasteiger partial charge in [0.15, 0.2) is 0 Å². The Hall–Kier alpha value is -2.89. The summed E-state index contributed by atoms with van der Waals surface area (Å²) in [6.07, 6.45) is -4.51. The zero-order valence-corrected chi connectivity index (χ0v) is 22.9. The molecule has 1 spiro atoms. The summed E-state index contributed by atoms with van der Waals surface area (Å²) < 4.78 is 47.2. The number of likely N-dealkylation sites (N-methyl/N-ethyl adjacent to an activating group) is 1. The molecular weight excluding hydrogens is 565 g/mol. The number of carboxylic acids is 1. The van der Waals surface area contributed by atoms with Gasteiger partial charge >= 0.3 is 12.1 Å². The maximum absolute atomic E-state index is 15.4. The topological polar surface area (TPSA) is 108 Å². The fourth-order valence-electron chi connectivity index (χ4n) is 5.31. The molecule has 0 bridgehead atoms. The lowest BCUT2D eigenvalue weighted by molar-refractivity contribution is -0.192. The molecule has 0 aromatic heterocycles. The number of aliphatic carboxylic acids is 1. The molecule has 4 atom stereocenters. The molecule has 0 saturated carbocycles. The summed E-state index contributed by atoms with van der Waals surface area (Å²) in [6, 6.07) is 8.64. The van der Waals surface area contributed by atoms with Crippen molar-refractivity contribution in [2.45, 2.75) is 56.8 Å². The van der Waals surface area contributed by atoms with Gasteiger partial charge in [-0.2, -0.15) is 13.2 Å². The van der Waals surface area contributed by atoms with Crippen molar-refractivity contribution in [3.05, 3.63) is 63.4 Å². The highest BCUT2D eigenvalue weighted by Crippen LogP contribution is 2.57. The fraction of sp³-hybridized carbons (Fsp3) is 0.423. The van der Waals surface area contributed by atoms with E-state index < -0.39 is 41.4 Å². The molecule has 2 aromatic carbocycles. The van der Waals surface area contributed by atoms with Crippen molar-refractivity contribution in [3.63, 3.8) is 0 Å². The van der Waals surface area contributed by atoms with Crippen molar-refractivity contribution in [2.24, 2.45) is 5.41 Å². The summed E-state index contributed by atoms with van der Waals surface area (Å²) in [5, 5.41) is 16.6. The standard InChI is InChI=1S/C24H26Cl2FN3O2.C2HF3O2/c1-23(2,3)11-17-24(14-9-8-12(25)10-16(14)29-22(24)32)18(20(30-17)21(31)28-4)13-6-5-7-15(26)19(13)27;3-2(4,5)1(6)7/h5-10,17-18,20,30H,11H2,1-4H3,(H,28,31)(H,29,32);(H,6,7)/t17-,18+,20-,24+;/m1./s1. The first kappa shape index (κ1) is 30.6. The number of carboxylic acid groups (broad SMARTS) is 1. The molecule has 2 heterocycles. The number of carbonyl (C=O) groups is 3. The van der Waals surface area contributed by atoms with E-state index in [1.54, 1.807) is 30.3 Å². The van der Waals surface area contributed by atoms with Crippen molar-refractivity contribution in [2.75, 3.05) is 12.4 Å². The maximum Gasteiger partial charge on any atom is 0.490 e. The average molecular weight is 592 g/mol. The third kappa shape index (κ3) is 5.85. The van der Waals surface area contributed by atoms with Gasteiger partial charge in [-0.05, 0) is 41.2 Å². The van der Waals surface area contributed by atoms with E-state index in [4.69, 9.17) is 33.1 Å². The van der Waals surface area contributed by atoms with E-state index in [9.17, 15) is 22.8 Å². The predicted molar refractivity (Wildman–Crippen MR) is 138 cm³/mol. The second kappa shape index (κ2) is 10.9. The van der Waals surface area contributed by atoms with Gasteiger partial charge in [0.1, 0.15) is 11.2 Å². The molecule has 4 N–H and O–H groups in total. The van der Waals surface area contributed by atoms with Crippen LogP contribution >= 0.6 is 23.2 Å². The van der Waals surface area contributed by atoms with E-state index in [1.807, 2.05) is 0 Å². The van der Waals surface area contributed by atoms with Gasteiger partial charge in [-0.25, -0.2) is 9.18 Å². The SMILES string of the molecule is CNC(=O)[C@@H]1N[C@H](CC(C)(C)C)[C@]2(C(=O)Nc3cc(Cl)ccc32)[C@H]1c1cccc(Cl)c1F.O=C(O)C(F)(F)F. The third-order valence-electron chi connectivity index (χ3n) is 6.71. The van der Waals surface area contributed by atoms with Crippen molar-refractivity contribution >= 4 is 46.7 Å². The van der Waals surface area contributed by atoms with Gasteiger partial charge in [-0.15, -0.1) is 0 Å². The minimum Gasteiger partial charge on any atom is -0.475 e. The molecule has 13 heteroatoms. The van der Waals surface area contributed by atoms with Gasteiger partial charge < -0.3 is 21.1 Å². The second-order valence-electron chi connectivity index (χ2n) is 10.5. The first-order chi connectivity index (χ1) is 17.9. The number of nitrogens with one attached hydrogen (secondary N) is 3. The molecule has 2 aliphatic rings. The van der Waals surface area contributed by atoms with Crippen LogP contribution in [0, 0.1) is 11.2 Å². The second-order valence-corrected chi connectivity index (χ2v) is 11.4. The Kier molecular flexibility index (Phi) is 8.60. The van der Waals surface area contributed by atoms with Crippen LogP contribution in [0.5, 0.6) is 0 Å². The zero-order valence-electron chi connectivity index (χ0n) is 21.3. The normalized spacial score (nSPS) is 24.1. The van der Waals surface area contributed by atoms with Gasteiger partial charge in [0.2, 0.25) is 11.8 Å². The van der Waals surface area contributed by atoms with Crippen molar-refractivity contribution in [1.29, 1.82) is 0 Å². The molecule has 0 aliphatic carbocycles. The summed E-state index contributed by atoms with van der Waals surface area (Å²) in [5.41, 5.74) is 0.107. The predicted octanol–water partition coefficient (Wildman–Crippen LogP) is 5.26. The van der Waals surface area contributed by atoms with E-state index in [-0.39, 0.29) is 27.8 Å². The minimum absolute atomic E-state index is 0.0534. The summed E-state index contributed by atoms with van der Waals surface area (Å²) in [7, 11) is 1.53. The van der Waals surface area contributed by atoms with Gasteiger partial charge in [0, 0.05) is 29.7 Å². The Morgan fingerprint density at radius 1 is 1.13 bits per heavy atom. The monoisotopic (exact) mass is 591 g/mol. The summed E-state index contributed by atoms with van der Waals surface area (Å²) in [5.74, 6) is -4.81. The first-order valence-corrected chi connectivity index (χ1v) is 12.5. The number of halogens is 6. The van der Waals surface area contributed by atoms with Crippen LogP contribution in [-0.4, -0.2) is 48.2 Å².